The Morgan fingerprint density at radius 2 is 2.12 bits per heavy atom. The molecular formula is C10H17N3O3. The highest BCUT2D eigenvalue weighted by Crippen LogP contribution is 2.00. The van der Waals surface area contributed by atoms with Gasteiger partial charge in [0.2, 0.25) is 0 Å². The lowest BCUT2D eigenvalue weighted by Crippen LogP contribution is -2.31. The van der Waals surface area contributed by atoms with Crippen molar-refractivity contribution in [1.82, 2.24) is 9.55 Å². The lowest BCUT2D eigenvalue weighted by molar-refractivity contribution is 0.191. The van der Waals surface area contributed by atoms with E-state index in [1.807, 2.05) is 0 Å². The second-order valence-corrected chi connectivity index (χ2v) is 3.57. The van der Waals surface area contributed by atoms with Crippen molar-refractivity contribution in [1.29, 1.82) is 0 Å². The van der Waals surface area contributed by atoms with Crippen molar-refractivity contribution in [3.8, 4) is 0 Å². The van der Waals surface area contributed by atoms with Crippen molar-refractivity contribution in [2.75, 3.05) is 19.5 Å². The zero-order valence-electron chi connectivity index (χ0n) is 9.36. The number of H-pyrrole nitrogens is 1. The van der Waals surface area contributed by atoms with Crippen molar-refractivity contribution in [3.63, 3.8) is 0 Å². The van der Waals surface area contributed by atoms with Crippen LogP contribution in [-0.2, 0) is 11.3 Å². The SMILES string of the molecule is COCCCCCn1c(N)cc(=O)[nH]c1=O. The monoisotopic (exact) mass is 227 g/mol. The maximum atomic E-state index is 11.4. The van der Waals surface area contributed by atoms with Gasteiger partial charge in [0.05, 0.1) is 0 Å². The lowest BCUT2D eigenvalue weighted by atomic mass is 10.2. The van der Waals surface area contributed by atoms with Crippen molar-refractivity contribution in [2.45, 2.75) is 25.8 Å². The maximum absolute atomic E-state index is 11.4. The van der Waals surface area contributed by atoms with Gasteiger partial charge in [0.15, 0.2) is 0 Å². The van der Waals surface area contributed by atoms with Gasteiger partial charge < -0.3 is 10.5 Å². The first-order valence-corrected chi connectivity index (χ1v) is 5.23. The van der Waals surface area contributed by atoms with E-state index in [0.29, 0.717) is 6.54 Å². The molecule has 0 amide bonds. The minimum atomic E-state index is -0.460. The Hall–Kier alpha value is -1.56. The van der Waals surface area contributed by atoms with E-state index >= 15 is 0 Å². The van der Waals surface area contributed by atoms with Gasteiger partial charge in [-0.15, -0.1) is 0 Å². The predicted molar refractivity (Wildman–Crippen MR) is 61.5 cm³/mol. The number of anilines is 1. The summed E-state index contributed by atoms with van der Waals surface area (Å²) in [7, 11) is 1.66. The van der Waals surface area contributed by atoms with Gasteiger partial charge in [-0.25, -0.2) is 4.79 Å². The number of rotatable bonds is 6. The van der Waals surface area contributed by atoms with Crippen LogP contribution in [0.2, 0.25) is 0 Å². The number of nitrogen functional groups attached to an aromatic ring is 1. The number of nitrogens with one attached hydrogen (secondary N) is 1. The van der Waals surface area contributed by atoms with Crippen LogP contribution in [0.4, 0.5) is 5.82 Å². The van der Waals surface area contributed by atoms with Gasteiger partial charge in [0.1, 0.15) is 5.82 Å². The summed E-state index contributed by atoms with van der Waals surface area (Å²) in [6.07, 6.45) is 2.74. The molecule has 0 radical (unpaired) electrons. The van der Waals surface area contributed by atoms with Crippen LogP contribution in [0.15, 0.2) is 15.7 Å². The largest absolute Gasteiger partial charge is 0.385 e. The van der Waals surface area contributed by atoms with Gasteiger partial charge in [-0.2, -0.15) is 0 Å². The van der Waals surface area contributed by atoms with Gasteiger partial charge in [0, 0.05) is 26.3 Å². The molecule has 1 heterocycles. The molecule has 0 spiro atoms. The standard InChI is InChI=1S/C10H17N3O3/c1-16-6-4-2-3-5-13-8(11)7-9(14)12-10(13)15/h7H,2-6,11H2,1H3,(H,12,14,15). The predicted octanol–water partition coefficient (Wildman–Crippen LogP) is -0.0645. The smallest absolute Gasteiger partial charge is 0.329 e. The summed E-state index contributed by atoms with van der Waals surface area (Å²) in [5.74, 6) is 0.209. The Morgan fingerprint density at radius 3 is 2.75 bits per heavy atom. The van der Waals surface area contributed by atoms with Crippen molar-refractivity contribution < 1.29 is 4.74 Å². The molecule has 0 unspecified atom stereocenters. The van der Waals surface area contributed by atoms with E-state index in [0.717, 1.165) is 25.9 Å². The fraction of sp³-hybridized carbons (Fsp3) is 0.600. The Bertz CT molecular complexity index is 436. The van der Waals surface area contributed by atoms with Gasteiger partial charge in [-0.05, 0) is 19.3 Å². The van der Waals surface area contributed by atoms with Crippen molar-refractivity contribution in [2.24, 2.45) is 0 Å². The average molecular weight is 227 g/mol. The molecule has 6 nitrogen and oxygen atoms in total. The number of hydrogen-bond donors (Lipinski definition) is 2. The molecule has 1 rings (SSSR count). The van der Waals surface area contributed by atoms with E-state index < -0.39 is 11.2 Å². The summed E-state index contributed by atoms with van der Waals surface area (Å²) >= 11 is 0. The summed E-state index contributed by atoms with van der Waals surface area (Å²) in [5.41, 5.74) is 4.67. The van der Waals surface area contributed by atoms with Gasteiger partial charge >= 0.3 is 5.69 Å². The van der Waals surface area contributed by atoms with E-state index in [2.05, 4.69) is 4.98 Å². The summed E-state index contributed by atoms with van der Waals surface area (Å²) in [6, 6.07) is 1.22. The van der Waals surface area contributed by atoms with Crippen LogP contribution in [0.5, 0.6) is 0 Å². The quantitative estimate of drug-likeness (QED) is 0.666. The molecule has 0 saturated carbocycles. The fourth-order valence-corrected chi connectivity index (χ4v) is 1.46. The van der Waals surface area contributed by atoms with E-state index in [4.69, 9.17) is 10.5 Å². The topological polar surface area (TPSA) is 90.1 Å². The first kappa shape index (κ1) is 12.5. The molecule has 0 aliphatic carbocycles. The van der Waals surface area contributed by atoms with Crippen LogP contribution < -0.4 is 17.0 Å². The van der Waals surface area contributed by atoms with Crippen LogP contribution in [0.1, 0.15) is 19.3 Å². The van der Waals surface area contributed by atoms with E-state index in [9.17, 15) is 9.59 Å². The molecule has 1 aromatic heterocycles. The van der Waals surface area contributed by atoms with Crippen molar-refractivity contribution >= 4 is 5.82 Å². The second kappa shape index (κ2) is 6.12. The van der Waals surface area contributed by atoms with E-state index in [1.54, 1.807) is 7.11 Å². The normalized spacial score (nSPS) is 10.6. The number of unbranched alkanes of at least 4 members (excludes halogenated alkanes) is 2. The summed E-state index contributed by atoms with van der Waals surface area (Å²) in [5, 5.41) is 0. The molecule has 3 N–H and O–H groups in total. The molecular weight excluding hydrogens is 210 g/mol. The number of nitrogens with zero attached hydrogens (tertiary/aromatic N) is 1. The van der Waals surface area contributed by atoms with E-state index in [-0.39, 0.29) is 5.82 Å². The summed E-state index contributed by atoms with van der Waals surface area (Å²) < 4.78 is 6.29. The average Bonchev–Trinajstić information content (AvgIpc) is 2.20. The van der Waals surface area contributed by atoms with Crippen LogP contribution in [-0.4, -0.2) is 23.3 Å². The Kier molecular flexibility index (Phi) is 4.78. The van der Waals surface area contributed by atoms with E-state index in [1.165, 1.54) is 10.6 Å². The highest BCUT2D eigenvalue weighted by Gasteiger charge is 2.01. The molecule has 0 aliphatic rings. The van der Waals surface area contributed by atoms with Gasteiger partial charge in [-0.1, -0.05) is 0 Å². The first-order valence-electron chi connectivity index (χ1n) is 5.23. The summed E-state index contributed by atoms with van der Waals surface area (Å²) in [4.78, 5) is 24.5. The van der Waals surface area contributed by atoms with Crippen LogP contribution in [0.25, 0.3) is 0 Å². The van der Waals surface area contributed by atoms with Gasteiger partial charge in [-0.3, -0.25) is 14.3 Å². The zero-order chi connectivity index (χ0) is 12.0. The zero-order valence-corrected chi connectivity index (χ0v) is 9.36. The molecule has 0 atom stereocenters. The molecule has 90 valence electrons. The van der Waals surface area contributed by atoms with Crippen LogP contribution in [0, 0.1) is 0 Å². The maximum Gasteiger partial charge on any atom is 0.329 e. The third-order valence-electron chi connectivity index (χ3n) is 2.30. The van der Waals surface area contributed by atoms with Gasteiger partial charge in [0.25, 0.3) is 5.56 Å². The van der Waals surface area contributed by atoms with Crippen molar-refractivity contribution in [3.05, 3.63) is 26.9 Å². The molecule has 0 aliphatic heterocycles. The number of methoxy groups -OCH3 is 1. The number of aromatic nitrogens is 2. The third-order valence-corrected chi connectivity index (χ3v) is 2.30. The number of nitrogens with two attached hydrogens (primary N) is 1. The minimum Gasteiger partial charge on any atom is -0.385 e. The number of hydrogen-bond acceptors (Lipinski definition) is 4. The highest BCUT2D eigenvalue weighted by molar-refractivity contribution is 5.25. The molecule has 0 saturated heterocycles. The Morgan fingerprint density at radius 1 is 1.38 bits per heavy atom. The molecule has 6 heteroatoms. The number of aromatic amines is 1. The molecule has 1 aromatic rings. The molecule has 16 heavy (non-hydrogen) atoms. The van der Waals surface area contributed by atoms with Crippen LogP contribution >= 0.6 is 0 Å². The lowest BCUT2D eigenvalue weighted by Gasteiger charge is -2.07. The molecule has 0 bridgehead atoms. The molecule has 0 fully saturated rings. The fourth-order valence-electron chi connectivity index (χ4n) is 1.46. The second-order valence-electron chi connectivity index (χ2n) is 3.57. The minimum absolute atomic E-state index is 0.209. The number of ether oxygens (including phenoxy) is 1. The first-order chi connectivity index (χ1) is 7.65. The Labute approximate surface area is 93.0 Å². The highest BCUT2D eigenvalue weighted by atomic mass is 16.5. The Balaban J connectivity index is 2.54. The third kappa shape index (κ3) is 3.54. The molecule has 0 aromatic carbocycles. The summed E-state index contributed by atoms with van der Waals surface area (Å²) in [6.45, 7) is 1.24. The van der Waals surface area contributed by atoms with Crippen LogP contribution in [0.3, 0.4) is 0 Å².